The van der Waals surface area contributed by atoms with Crippen molar-refractivity contribution in [1.29, 1.82) is 0 Å². The fourth-order valence-corrected chi connectivity index (χ4v) is 3.40. The minimum Gasteiger partial charge on any atom is -0.338 e. The van der Waals surface area contributed by atoms with Gasteiger partial charge in [-0.1, -0.05) is 30.3 Å². The van der Waals surface area contributed by atoms with Crippen molar-refractivity contribution in [3.63, 3.8) is 0 Å². The second kappa shape index (κ2) is 6.66. The summed E-state index contributed by atoms with van der Waals surface area (Å²) < 4.78 is 0. The van der Waals surface area contributed by atoms with Gasteiger partial charge in [0.2, 0.25) is 0 Å². The predicted octanol–water partition coefficient (Wildman–Crippen LogP) is 3.45. The Bertz CT molecular complexity index is 1040. The van der Waals surface area contributed by atoms with Crippen LogP contribution in [-0.2, 0) is 6.54 Å². The number of hydrogen-bond donors (Lipinski definition) is 2. The van der Waals surface area contributed by atoms with Crippen molar-refractivity contribution in [3.8, 4) is 0 Å². The SMILES string of the molecule is C1=NC2=C(CN1NCc1ccccc1)c1ccncc1Nc1ncccc12. The summed E-state index contributed by atoms with van der Waals surface area (Å²) in [5.41, 5.74) is 9.82. The zero-order chi connectivity index (χ0) is 18.1. The third-order valence-corrected chi connectivity index (χ3v) is 4.73. The van der Waals surface area contributed by atoms with Crippen molar-refractivity contribution in [2.45, 2.75) is 6.54 Å². The molecule has 132 valence electrons. The Labute approximate surface area is 157 Å². The van der Waals surface area contributed by atoms with Gasteiger partial charge in [-0.2, -0.15) is 0 Å². The normalized spacial score (nSPS) is 14.7. The summed E-state index contributed by atoms with van der Waals surface area (Å²) in [7, 11) is 0. The van der Waals surface area contributed by atoms with Crippen molar-refractivity contribution in [2.24, 2.45) is 4.99 Å². The molecule has 1 aromatic carbocycles. The Balaban J connectivity index is 1.49. The largest absolute Gasteiger partial charge is 0.338 e. The molecule has 27 heavy (non-hydrogen) atoms. The molecule has 4 heterocycles. The average Bonchev–Trinajstić information content (AvgIpc) is 2.87. The molecule has 5 rings (SSSR count). The molecule has 0 radical (unpaired) electrons. The Morgan fingerprint density at radius 3 is 2.85 bits per heavy atom. The number of aromatic nitrogens is 2. The van der Waals surface area contributed by atoms with E-state index in [0.717, 1.165) is 40.4 Å². The third-order valence-electron chi connectivity index (χ3n) is 4.73. The zero-order valence-electron chi connectivity index (χ0n) is 14.6. The van der Waals surface area contributed by atoms with Gasteiger partial charge in [0.25, 0.3) is 0 Å². The lowest BCUT2D eigenvalue weighted by Crippen LogP contribution is -2.39. The first-order valence-corrected chi connectivity index (χ1v) is 8.87. The van der Waals surface area contributed by atoms with Crippen LogP contribution in [0.1, 0.15) is 16.7 Å². The first-order valence-electron chi connectivity index (χ1n) is 8.87. The van der Waals surface area contributed by atoms with Gasteiger partial charge >= 0.3 is 0 Å². The maximum Gasteiger partial charge on any atom is 0.139 e. The molecule has 2 aliphatic rings. The average molecular weight is 354 g/mol. The molecule has 3 aromatic rings. The van der Waals surface area contributed by atoms with Crippen LogP contribution in [0.3, 0.4) is 0 Å². The number of nitrogens with one attached hydrogen (secondary N) is 2. The molecule has 2 N–H and O–H groups in total. The molecule has 0 amide bonds. The van der Waals surface area contributed by atoms with E-state index in [1.807, 2.05) is 60.1 Å². The van der Waals surface area contributed by atoms with Gasteiger partial charge in [0, 0.05) is 35.6 Å². The van der Waals surface area contributed by atoms with E-state index in [1.165, 1.54) is 5.56 Å². The van der Waals surface area contributed by atoms with Crippen molar-refractivity contribution < 1.29 is 0 Å². The van der Waals surface area contributed by atoms with E-state index in [-0.39, 0.29) is 0 Å². The van der Waals surface area contributed by atoms with Gasteiger partial charge in [0.05, 0.1) is 24.1 Å². The lowest BCUT2D eigenvalue weighted by atomic mass is 10.0. The first kappa shape index (κ1) is 15.7. The number of anilines is 2. The summed E-state index contributed by atoms with van der Waals surface area (Å²) >= 11 is 0. The van der Waals surface area contributed by atoms with Gasteiger partial charge in [-0.15, -0.1) is 0 Å². The minimum absolute atomic E-state index is 0.707. The molecule has 0 unspecified atom stereocenters. The Morgan fingerprint density at radius 1 is 1.00 bits per heavy atom. The minimum atomic E-state index is 0.707. The number of rotatable bonds is 3. The van der Waals surface area contributed by atoms with E-state index in [9.17, 15) is 0 Å². The molecular weight excluding hydrogens is 336 g/mol. The number of hydrogen-bond acceptors (Lipinski definition) is 6. The lowest BCUT2D eigenvalue weighted by molar-refractivity contribution is 0.344. The monoisotopic (exact) mass is 354 g/mol. The number of pyridine rings is 2. The molecule has 6 heteroatoms. The van der Waals surface area contributed by atoms with Crippen LogP contribution in [-0.4, -0.2) is 27.9 Å². The first-order chi connectivity index (χ1) is 13.4. The van der Waals surface area contributed by atoms with Crippen LogP contribution < -0.4 is 10.7 Å². The van der Waals surface area contributed by atoms with Crippen molar-refractivity contribution >= 4 is 29.1 Å². The van der Waals surface area contributed by atoms with E-state index in [0.29, 0.717) is 6.54 Å². The maximum absolute atomic E-state index is 4.76. The van der Waals surface area contributed by atoms with Crippen LogP contribution in [0.4, 0.5) is 11.5 Å². The van der Waals surface area contributed by atoms with E-state index >= 15 is 0 Å². The van der Waals surface area contributed by atoms with Crippen LogP contribution >= 0.6 is 0 Å². The Hall–Kier alpha value is -3.51. The standard InChI is InChI=1S/C21H18N6/c1-2-5-15(6-3-1)11-25-27-13-18-16-8-10-22-12-19(16)26-21-17(7-4-9-23-21)20(18)24-14-27/h1-10,12,14,25H,11,13H2,(H,23,26). The zero-order valence-corrected chi connectivity index (χ0v) is 14.6. The molecular formula is C21H18N6. The maximum atomic E-state index is 4.76. The van der Waals surface area contributed by atoms with E-state index in [4.69, 9.17) is 4.99 Å². The number of benzene rings is 1. The fourth-order valence-electron chi connectivity index (χ4n) is 3.40. The van der Waals surface area contributed by atoms with Gasteiger partial charge in [-0.05, 0) is 23.8 Å². The number of hydrazine groups is 1. The van der Waals surface area contributed by atoms with Crippen LogP contribution in [0.25, 0.3) is 11.3 Å². The molecule has 0 saturated heterocycles. The molecule has 2 aliphatic heterocycles. The summed E-state index contributed by atoms with van der Waals surface area (Å²) in [4.78, 5) is 13.5. The Morgan fingerprint density at radius 2 is 1.93 bits per heavy atom. The molecule has 0 bridgehead atoms. The van der Waals surface area contributed by atoms with Gasteiger partial charge in [-0.25, -0.2) is 15.4 Å². The molecule has 0 saturated carbocycles. The Kier molecular flexibility index (Phi) is 3.88. The van der Waals surface area contributed by atoms with Gasteiger partial charge < -0.3 is 5.32 Å². The summed E-state index contributed by atoms with van der Waals surface area (Å²) in [6.07, 6.45) is 7.29. The van der Waals surface area contributed by atoms with Gasteiger partial charge in [0.15, 0.2) is 0 Å². The van der Waals surface area contributed by atoms with Crippen LogP contribution in [0, 0.1) is 0 Å². The van der Waals surface area contributed by atoms with E-state index < -0.39 is 0 Å². The topological polar surface area (TPSA) is 65.4 Å². The van der Waals surface area contributed by atoms with E-state index in [2.05, 4.69) is 32.8 Å². The number of aliphatic imine (C=N–C) groups is 1. The third kappa shape index (κ3) is 2.96. The fraction of sp³-hybridized carbons (Fsp3) is 0.0952. The molecule has 0 fully saturated rings. The predicted molar refractivity (Wildman–Crippen MR) is 107 cm³/mol. The molecule has 6 nitrogen and oxygen atoms in total. The summed E-state index contributed by atoms with van der Waals surface area (Å²) in [6, 6.07) is 16.4. The summed E-state index contributed by atoms with van der Waals surface area (Å²) in [6.45, 7) is 1.45. The van der Waals surface area contributed by atoms with E-state index in [1.54, 1.807) is 6.20 Å². The smallest absolute Gasteiger partial charge is 0.139 e. The van der Waals surface area contributed by atoms with Gasteiger partial charge in [-0.3, -0.25) is 9.99 Å². The summed E-state index contributed by atoms with van der Waals surface area (Å²) in [5.74, 6) is 0.805. The van der Waals surface area contributed by atoms with Crippen molar-refractivity contribution in [3.05, 3.63) is 83.8 Å². The van der Waals surface area contributed by atoms with Crippen molar-refractivity contribution in [2.75, 3.05) is 11.9 Å². The highest BCUT2D eigenvalue weighted by molar-refractivity contribution is 6.02. The van der Waals surface area contributed by atoms with Crippen LogP contribution in [0.5, 0.6) is 0 Å². The number of nitrogens with zero attached hydrogens (tertiary/aromatic N) is 4. The highest BCUT2D eigenvalue weighted by atomic mass is 15.5. The second-order valence-corrected chi connectivity index (χ2v) is 6.47. The molecule has 0 atom stereocenters. The summed E-state index contributed by atoms with van der Waals surface area (Å²) in [5, 5.41) is 5.43. The molecule has 2 aromatic heterocycles. The lowest BCUT2D eigenvalue weighted by Gasteiger charge is -2.27. The van der Waals surface area contributed by atoms with Crippen LogP contribution in [0.15, 0.2) is 72.1 Å². The molecule has 0 spiro atoms. The molecule has 0 aliphatic carbocycles. The van der Waals surface area contributed by atoms with Crippen LogP contribution in [0.2, 0.25) is 0 Å². The highest BCUT2D eigenvalue weighted by Crippen LogP contribution is 2.40. The second-order valence-electron chi connectivity index (χ2n) is 6.47. The van der Waals surface area contributed by atoms with Gasteiger partial charge in [0.1, 0.15) is 12.2 Å². The number of fused-ring (bicyclic) bond motifs is 4. The van der Waals surface area contributed by atoms with Crippen molar-refractivity contribution in [1.82, 2.24) is 20.4 Å². The highest BCUT2D eigenvalue weighted by Gasteiger charge is 2.25. The quantitative estimate of drug-likeness (QED) is 0.754.